The molecule has 1 aromatic heterocycles. The molecule has 5 nitrogen and oxygen atoms in total. The molecule has 0 bridgehead atoms. The summed E-state index contributed by atoms with van der Waals surface area (Å²) in [6.07, 6.45) is 1.42. The first-order chi connectivity index (χ1) is 5.83. The molecule has 0 amide bonds. The van der Waals surface area contributed by atoms with Crippen molar-refractivity contribution in [1.82, 2.24) is 15.2 Å². The van der Waals surface area contributed by atoms with Crippen LogP contribution in [0, 0.1) is 11.8 Å². The molecular weight excluding hydrogens is 158 g/mol. The van der Waals surface area contributed by atoms with Crippen LogP contribution in [0.1, 0.15) is 12.2 Å². The Kier molecular flexibility index (Phi) is 2.85. The fourth-order valence-electron chi connectivity index (χ4n) is 0.538. The third kappa shape index (κ3) is 2.42. The second-order valence-corrected chi connectivity index (χ2v) is 1.89. The SMILES string of the molecule is COC(=O)CC#Cc1ncn[nH]1. The van der Waals surface area contributed by atoms with Crippen LogP contribution in [0.25, 0.3) is 0 Å². The van der Waals surface area contributed by atoms with E-state index in [0.29, 0.717) is 5.82 Å². The van der Waals surface area contributed by atoms with Gasteiger partial charge in [0.2, 0.25) is 5.82 Å². The minimum absolute atomic E-state index is 0.0667. The second kappa shape index (κ2) is 4.13. The molecule has 62 valence electrons. The van der Waals surface area contributed by atoms with Crippen LogP contribution in [0.15, 0.2) is 6.33 Å². The summed E-state index contributed by atoms with van der Waals surface area (Å²) in [5.41, 5.74) is 0. The van der Waals surface area contributed by atoms with Crippen molar-refractivity contribution in [3.05, 3.63) is 12.2 Å². The Labute approximate surface area is 69.1 Å². The van der Waals surface area contributed by atoms with E-state index >= 15 is 0 Å². The summed E-state index contributed by atoms with van der Waals surface area (Å²) in [4.78, 5) is 14.3. The minimum Gasteiger partial charge on any atom is -0.468 e. The normalized spacial score (nSPS) is 8.42. The molecule has 0 radical (unpaired) electrons. The molecule has 1 N–H and O–H groups in total. The van der Waals surface area contributed by atoms with Gasteiger partial charge in [0.1, 0.15) is 12.7 Å². The maximum Gasteiger partial charge on any atom is 0.317 e. The molecule has 0 aliphatic carbocycles. The average molecular weight is 165 g/mol. The fourth-order valence-corrected chi connectivity index (χ4v) is 0.538. The highest BCUT2D eigenvalue weighted by Gasteiger charge is 1.93. The smallest absolute Gasteiger partial charge is 0.317 e. The highest BCUT2D eigenvalue weighted by molar-refractivity contribution is 5.72. The number of nitrogens with zero attached hydrogens (tertiary/aromatic N) is 2. The Hall–Kier alpha value is -1.83. The minimum atomic E-state index is -0.359. The fraction of sp³-hybridized carbons (Fsp3) is 0.286. The molecule has 1 aromatic rings. The van der Waals surface area contributed by atoms with Crippen LogP contribution in [0.2, 0.25) is 0 Å². The molecule has 0 unspecified atom stereocenters. The summed E-state index contributed by atoms with van der Waals surface area (Å²) < 4.78 is 4.38. The molecule has 1 heterocycles. The lowest BCUT2D eigenvalue weighted by Crippen LogP contribution is -1.97. The number of esters is 1. The molecule has 0 atom stereocenters. The van der Waals surface area contributed by atoms with Crippen LogP contribution in [0.4, 0.5) is 0 Å². The van der Waals surface area contributed by atoms with E-state index in [-0.39, 0.29) is 12.4 Å². The lowest BCUT2D eigenvalue weighted by atomic mass is 10.4. The number of hydrogen-bond acceptors (Lipinski definition) is 4. The highest BCUT2D eigenvalue weighted by Crippen LogP contribution is 1.83. The number of carbonyl (C=O) groups is 1. The quantitative estimate of drug-likeness (QED) is 0.459. The summed E-state index contributed by atoms with van der Waals surface area (Å²) in [6, 6.07) is 0. The predicted molar refractivity (Wildman–Crippen MR) is 39.9 cm³/mol. The molecule has 0 aliphatic heterocycles. The van der Waals surface area contributed by atoms with Crippen molar-refractivity contribution in [3.8, 4) is 11.8 Å². The van der Waals surface area contributed by atoms with Gasteiger partial charge in [0, 0.05) is 0 Å². The maximum absolute atomic E-state index is 10.6. The molecule has 0 aromatic carbocycles. The van der Waals surface area contributed by atoms with Crippen LogP contribution in [0.5, 0.6) is 0 Å². The van der Waals surface area contributed by atoms with E-state index in [1.165, 1.54) is 13.4 Å². The van der Waals surface area contributed by atoms with E-state index in [2.05, 4.69) is 31.8 Å². The first-order valence-electron chi connectivity index (χ1n) is 3.24. The van der Waals surface area contributed by atoms with E-state index in [0.717, 1.165) is 0 Å². The zero-order valence-corrected chi connectivity index (χ0v) is 6.50. The van der Waals surface area contributed by atoms with E-state index in [1.807, 2.05) is 0 Å². The summed E-state index contributed by atoms with van der Waals surface area (Å²) in [7, 11) is 1.32. The second-order valence-electron chi connectivity index (χ2n) is 1.89. The van der Waals surface area contributed by atoms with Gasteiger partial charge in [-0.1, -0.05) is 5.92 Å². The summed E-state index contributed by atoms with van der Waals surface area (Å²) in [5.74, 6) is 5.27. The van der Waals surface area contributed by atoms with Crippen molar-refractivity contribution < 1.29 is 9.53 Å². The zero-order valence-electron chi connectivity index (χ0n) is 6.50. The lowest BCUT2D eigenvalue weighted by molar-refractivity contribution is -0.139. The predicted octanol–water partition coefficient (Wildman–Crippen LogP) is -0.281. The largest absolute Gasteiger partial charge is 0.468 e. The van der Waals surface area contributed by atoms with Gasteiger partial charge in [-0.3, -0.25) is 9.89 Å². The van der Waals surface area contributed by atoms with Gasteiger partial charge >= 0.3 is 5.97 Å². The Bertz CT molecular complexity index is 307. The van der Waals surface area contributed by atoms with Gasteiger partial charge in [0.05, 0.1) is 7.11 Å². The van der Waals surface area contributed by atoms with Crippen LogP contribution in [-0.4, -0.2) is 28.3 Å². The van der Waals surface area contributed by atoms with Gasteiger partial charge < -0.3 is 4.74 Å². The van der Waals surface area contributed by atoms with Gasteiger partial charge in [-0.2, -0.15) is 5.10 Å². The van der Waals surface area contributed by atoms with Crippen molar-refractivity contribution in [2.45, 2.75) is 6.42 Å². The van der Waals surface area contributed by atoms with Gasteiger partial charge in [-0.25, -0.2) is 4.98 Å². The van der Waals surface area contributed by atoms with Gasteiger partial charge in [0.25, 0.3) is 0 Å². The van der Waals surface area contributed by atoms with Crippen LogP contribution in [-0.2, 0) is 9.53 Å². The number of H-pyrrole nitrogens is 1. The van der Waals surface area contributed by atoms with Crippen molar-refractivity contribution >= 4 is 5.97 Å². The van der Waals surface area contributed by atoms with Crippen LogP contribution >= 0.6 is 0 Å². The zero-order chi connectivity index (χ0) is 8.81. The van der Waals surface area contributed by atoms with E-state index in [1.54, 1.807) is 0 Å². The Morgan fingerprint density at radius 3 is 3.25 bits per heavy atom. The molecule has 0 spiro atoms. The number of nitrogens with one attached hydrogen (secondary N) is 1. The highest BCUT2D eigenvalue weighted by atomic mass is 16.5. The third-order valence-corrected chi connectivity index (χ3v) is 1.08. The molecule has 0 saturated heterocycles. The number of methoxy groups -OCH3 is 1. The number of rotatable bonds is 1. The number of aromatic nitrogens is 3. The molecule has 0 saturated carbocycles. The Morgan fingerprint density at radius 2 is 2.67 bits per heavy atom. The standard InChI is InChI=1S/C7H7N3O2/c1-12-7(11)4-2-3-6-8-5-9-10-6/h5H,4H2,1H3,(H,8,9,10). The number of ether oxygens (including phenoxy) is 1. The summed E-state index contributed by atoms with van der Waals surface area (Å²) in [5, 5.41) is 6.13. The van der Waals surface area contributed by atoms with E-state index in [9.17, 15) is 4.79 Å². The number of aromatic amines is 1. The molecule has 0 fully saturated rings. The topological polar surface area (TPSA) is 67.9 Å². The Balaban J connectivity index is 2.45. The van der Waals surface area contributed by atoms with Crippen molar-refractivity contribution in [2.24, 2.45) is 0 Å². The number of hydrogen-bond donors (Lipinski definition) is 1. The Morgan fingerprint density at radius 1 is 1.83 bits per heavy atom. The summed E-state index contributed by atoms with van der Waals surface area (Å²) >= 11 is 0. The van der Waals surface area contributed by atoms with Crippen LogP contribution in [0.3, 0.4) is 0 Å². The molecular formula is C7H7N3O2. The lowest BCUT2D eigenvalue weighted by Gasteiger charge is -1.88. The number of carbonyl (C=O) groups excluding carboxylic acids is 1. The van der Waals surface area contributed by atoms with Crippen LogP contribution < -0.4 is 0 Å². The molecule has 5 heteroatoms. The summed E-state index contributed by atoms with van der Waals surface area (Å²) in [6.45, 7) is 0. The maximum atomic E-state index is 10.6. The van der Waals surface area contributed by atoms with Gasteiger partial charge in [-0.15, -0.1) is 0 Å². The van der Waals surface area contributed by atoms with E-state index < -0.39 is 0 Å². The average Bonchev–Trinajstić information content (AvgIpc) is 2.57. The molecule has 0 aliphatic rings. The van der Waals surface area contributed by atoms with Crippen molar-refractivity contribution in [2.75, 3.05) is 7.11 Å². The monoisotopic (exact) mass is 165 g/mol. The van der Waals surface area contributed by atoms with Crippen molar-refractivity contribution in [3.63, 3.8) is 0 Å². The van der Waals surface area contributed by atoms with E-state index in [4.69, 9.17) is 0 Å². The third-order valence-electron chi connectivity index (χ3n) is 1.08. The molecule has 1 rings (SSSR count). The first-order valence-corrected chi connectivity index (χ1v) is 3.24. The van der Waals surface area contributed by atoms with Gasteiger partial charge in [-0.05, 0) is 5.92 Å². The van der Waals surface area contributed by atoms with Gasteiger partial charge in [0.15, 0.2) is 0 Å². The molecule has 12 heavy (non-hydrogen) atoms. The first kappa shape index (κ1) is 8.27. The van der Waals surface area contributed by atoms with Crippen molar-refractivity contribution in [1.29, 1.82) is 0 Å².